The molecular formula is C8H13N3. The summed E-state index contributed by atoms with van der Waals surface area (Å²) in [5.41, 5.74) is 1.35. The molecule has 0 amide bonds. The van der Waals surface area contributed by atoms with E-state index in [0.29, 0.717) is 6.04 Å². The molecule has 0 aliphatic carbocycles. The molecular weight excluding hydrogens is 138 g/mol. The van der Waals surface area contributed by atoms with Crippen molar-refractivity contribution in [3.05, 3.63) is 18.0 Å². The van der Waals surface area contributed by atoms with Gasteiger partial charge in [0, 0.05) is 30.9 Å². The van der Waals surface area contributed by atoms with Gasteiger partial charge in [-0.25, -0.2) is 0 Å². The van der Waals surface area contributed by atoms with Crippen molar-refractivity contribution in [3.63, 3.8) is 0 Å². The monoisotopic (exact) mass is 151 g/mol. The molecule has 0 unspecified atom stereocenters. The van der Waals surface area contributed by atoms with Crippen LogP contribution < -0.4 is 5.32 Å². The van der Waals surface area contributed by atoms with E-state index in [1.807, 2.05) is 6.20 Å². The number of hydrogen-bond acceptors (Lipinski definition) is 2. The topological polar surface area (TPSA) is 29.9 Å². The molecule has 3 nitrogen and oxygen atoms in total. The second kappa shape index (κ2) is 2.66. The Bertz CT molecular complexity index is 241. The standard InChI is InChI=1S/C8H13N3/c1-7-6-11-8(2-4-9-7)3-5-10-11/h3,5,7,9H,2,4,6H2,1H3/t7-/m1/s1. The average molecular weight is 151 g/mol. The van der Waals surface area contributed by atoms with Crippen LogP contribution in [0.15, 0.2) is 12.3 Å². The highest BCUT2D eigenvalue weighted by molar-refractivity contribution is 5.02. The molecule has 2 heterocycles. The number of hydrogen-bond donors (Lipinski definition) is 1. The van der Waals surface area contributed by atoms with E-state index in [1.165, 1.54) is 5.69 Å². The molecule has 1 aromatic rings. The lowest BCUT2D eigenvalue weighted by molar-refractivity contribution is 0.481. The van der Waals surface area contributed by atoms with Crippen molar-refractivity contribution in [3.8, 4) is 0 Å². The molecule has 3 heteroatoms. The van der Waals surface area contributed by atoms with Gasteiger partial charge in [-0.3, -0.25) is 4.68 Å². The highest BCUT2D eigenvalue weighted by atomic mass is 15.3. The maximum atomic E-state index is 4.24. The molecule has 11 heavy (non-hydrogen) atoms. The first-order chi connectivity index (χ1) is 5.36. The molecule has 0 bridgehead atoms. The molecule has 0 radical (unpaired) electrons. The first-order valence-corrected chi connectivity index (χ1v) is 4.10. The van der Waals surface area contributed by atoms with Crippen LogP contribution in [-0.4, -0.2) is 22.4 Å². The molecule has 1 aliphatic heterocycles. The van der Waals surface area contributed by atoms with Crippen molar-refractivity contribution < 1.29 is 0 Å². The number of aromatic nitrogens is 2. The van der Waals surface area contributed by atoms with Crippen LogP contribution in [0, 0.1) is 0 Å². The predicted molar refractivity (Wildman–Crippen MR) is 43.4 cm³/mol. The summed E-state index contributed by atoms with van der Waals surface area (Å²) < 4.78 is 2.09. The van der Waals surface area contributed by atoms with Crippen LogP contribution >= 0.6 is 0 Å². The highest BCUT2D eigenvalue weighted by Crippen LogP contribution is 2.04. The van der Waals surface area contributed by atoms with Crippen molar-refractivity contribution in [2.45, 2.75) is 25.9 Å². The molecule has 0 spiro atoms. The van der Waals surface area contributed by atoms with Crippen LogP contribution in [0.1, 0.15) is 12.6 Å². The molecule has 1 N–H and O–H groups in total. The van der Waals surface area contributed by atoms with E-state index < -0.39 is 0 Å². The van der Waals surface area contributed by atoms with Crippen LogP contribution in [0.4, 0.5) is 0 Å². The molecule has 0 saturated carbocycles. The van der Waals surface area contributed by atoms with Gasteiger partial charge in [0.05, 0.1) is 6.54 Å². The fourth-order valence-corrected chi connectivity index (χ4v) is 1.51. The van der Waals surface area contributed by atoms with Gasteiger partial charge in [0.25, 0.3) is 0 Å². The maximum Gasteiger partial charge on any atom is 0.0563 e. The minimum Gasteiger partial charge on any atom is -0.312 e. The molecule has 1 atom stereocenters. The van der Waals surface area contributed by atoms with Gasteiger partial charge in [-0.15, -0.1) is 0 Å². The van der Waals surface area contributed by atoms with Crippen LogP contribution in [0.25, 0.3) is 0 Å². The number of rotatable bonds is 0. The SMILES string of the molecule is C[C@@H]1Cn2nccc2CCN1. The molecule has 1 aromatic heterocycles. The zero-order valence-corrected chi connectivity index (χ0v) is 6.75. The predicted octanol–water partition coefficient (Wildman–Crippen LogP) is 0.417. The fourth-order valence-electron chi connectivity index (χ4n) is 1.51. The van der Waals surface area contributed by atoms with E-state index >= 15 is 0 Å². The lowest BCUT2D eigenvalue weighted by Crippen LogP contribution is -2.28. The zero-order chi connectivity index (χ0) is 7.68. The van der Waals surface area contributed by atoms with E-state index in [9.17, 15) is 0 Å². The minimum atomic E-state index is 0.552. The third-order valence-corrected chi connectivity index (χ3v) is 2.13. The van der Waals surface area contributed by atoms with Crippen molar-refractivity contribution in [2.24, 2.45) is 0 Å². The summed E-state index contributed by atoms with van der Waals surface area (Å²) in [5.74, 6) is 0. The second-order valence-corrected chi connectivity index (χ2v) is 3.11. The summed E-state index contributed by atoms with van der Waals surface area (Å²) in [6, 6.07) is 2.65. The van der Waals surface area contributed by atoms with Gasteiger partial charge >= 0.3 is 0 Å². The molecule has 0 fully saturated rings. The molecule has 1 aliphatic rings. The lowest BCUT2D eigenvalue weighted by atomic mass is 10.3. The largest absolute Gasteiger partial charge is 0.312 e. The van der Waals surface area contributed by atoms with Crippen LogP contribution in [-0.2, 0) is 13.0 Å². The van der Waals surface area contributed by atoms with E-state index in [-0.39, 0.29) is 0 Å². The first kappa shape index (κ1) is 6.85. The van der Waals surface area contributed by atoms with E-state index in [2.05, 4.69) is 28.1 Å². The van der Waals surface area contributed by atoms with E-state index in [4.69, 9.17) is 0 Å². The fraction of sp³-hybridized carbons (Fsp3) is 0.625. The van der Waals surface area contributed by atoms with Gasteiger partial charge in [-0.2, -0.15) is 5.10 Å². The third kappa shape index (κ3) is 1.28. The number of nitrogens with one attached hydrogen (secondary N) is 1. The highest BCUT2D eigenvalue weighted by Gasteiger charge is 2.10. The van der Waals surface area contributed by atoms with Crippen molar-refractivity contribution in [2.75, 3.05) is 6.54 Å². The summed E-state index contributed by atoms with van der Waals surface area (Å²) in [7, 11) is 0. The lowest BCUT2D eigenvalue weighted by Gasteiger charge is -2.08. The first-order valence-electron chi connectivity index (χ1n) is 4.10. The van der Waals surface area contributed by atoms with Gasteiger partial charge in [0.2, 0.25) is 0 Å². The Balaban J connectivity index is 2.26. The van der Waals surface area contributed by atoms with Gasteiger partial charge in [-0.05, 0) is 13.0 Å². The molecule has 2 rings (SSSR count). The Morgan fingerprint density at radius 1 is 1.73 bits per heavy atom. The van der Waals surface area contributed by atoms with E-state index in [0.717, 1.165) is 19.5 Å². The van der Waals surface area contributed by atoms with Crippen molar-refractivity contribution in [1.29, 1.82) is 0 Å². The summed E-state index contributed by atoms with van der Waals surface area (Å²) in [6.45, 7) is 4.27. The van der Waals surface area contributed by atoms with E-state index in [1.54, 1.807) is 0 Å². The summed E-state index contributed by atoms with van der Waals surface area (Å²) in [6.07, 6.45) is 2.98. The smallest absolute Gasteiger partial charge is 0.0563 e. The van der Waals surface area contributed by atoms with Crippen molar-refractivity contribution in [1.82, 2.24) is 15.1 Å². The Kier molecular flexibility index (Phi) is 1.66. The molecule has 0 saturated heterocycles. The van der Waals surface area contributed by atoms with Crippen molar-refractivity contribution >= 4 is 0 Å². The Hall–Kier alpha value is -0.830. The van der Waals surface area contributed by atoms with Gasteiger partial charge in [0.15, 0.2) is 0 Å². The number of fused-ring (bicyclic) bond motifs is 1. The summed E-state index contributed by atoms with van der Waals surface area (Å²) in [4.78, 5) is 0. The Labute approximate surface area is 66.4 Å². The number of nitrogens with zero attached hydrogens (tertiary/aromatic N) is 2. The Morgan fingerprint density at radius 2 is 2.64 bits per heavy atom. The average Bonchev–Trinajstić information content (AvgIpc) is 2.31. The molecule has 0 aromatic carbocycles. The van der Waals surface area contributed by atoms with Crippen LogP contribution in [0.3, 0.4) is 0 Å². The minimum absolute atomic E-state index is 0.552. The zero-order valence-electron chi connectivity index (χ0n) is 6.75. The summed E-state index contributed by atoms with van der Waals surface area (Å²) >= 11 is 0. The van der Waals surface area contributed by atoms with Crippen LogP contribution in [0.2, 0.25) is 0 Å². The Morgan fingerprint density at radius 3 is 3.55 bits per heavy atom. The van der Waals surface area contributed by atoms with Gasteiger partial charge in [0.1, 0.15) is 0 Å². The maximum absolute atomic E-state index is 4.24. The van der Waals surface area contributed by atoms with Crippen LogP contribution in [0.5, 0.6) is 0 Å². The van der Waals surface area contributed by atoms with Gasteiger partial charge in [-0.1, -0.05) is 0 Å². The normalized spacial score (nSPS) is 24.3. The third-order valence-electron chi connectivity index (χ3n) is 2.13. The summed E-state index contributed by atoms with van der Waals surface area (Å²) in [5, 5.41) is 7.66. The molecule has 60 valence electrons. The second-order valence-electron chi connectivity index (χ2n) is 3.11. The van der Waals surface area contributed by atoms with Gasteiger partial charge < -0.3 is 5.32 Å². The quantitative estimate of drug-likeness (QED) is 0.582.